The molecule has 1 spiro atoms. The molecule has 3 fully saturated rings. The number of hydrogen-bond donors (Lipinski definition) is 2. The summed E-state index contributed by atoms with van der Waals surface area (Å²) in [5, 5.41) is 6.91. The minimum atomic E-state index is -0.691. The van der Waals surface area contributed by atoms with Crippen molar-refractivity contribution in [2.75, 3.05) is 6.54 Å². The molecule has 0 aliphatic carbocycles. The number of nitrogens with zero attached hydrogens (tertiary/aromatic N) is 1. The topological polar surface area (TPSA) is 83.8 Å². The van der Waals surface area contributed by atoms with Gasteiger partial charge in [0.2, 0.25) is 11.8 Å². The number of amides is 2. The number of rotatable bonds is 4. The summed E-state index contributed by atoms with van der Waals surface area (Å²) in [6.45, 7) is 9.52. The number of carbonyl (C=O) groups is 2. The summed E-state index contributed by atoms with van der Waals surface area (Å²) in [6, 6.07) is 3.74. The van der Waals surface area contributed by atoms with Gasteiger partial charge in [0.1, 0.15) is 11.4 Å². The van der Waals surface area contributed by atoms with E-state index < -0.39 is 17.4 Å². The number of carbonyl (C=O) groups excluding carboxylic acids is 2. The Labute approximate surface area is 177 Å². The summed E-state index contributed by atoms with van der Waals surface area (Å²) in [5.41, 5.74) is -0.812. The average Bonchev–Trinajstić information content (AvgIpc) is 3.35. The van der Waals surface area contributed by atoms with Gasteiger partial charge in [-0.2, -0.15) is 0 Å². The van der Waals surface area contributed by atoms with Crippen LogP contribution in [-0.4, -0.2) is 52.1 Å². The highest BCUT2D eigenvalue weighted by molar-refractivity contribution is 5.93. The van der Waals surface area contributed by atoms with Crippen molar-refractivity contribution in [3.63, 3.8) is 0 Å². The third-order valence-corrected chi connectivity index (χ3v) is 6.94. The highest BCUT2D eigenvalue weighted by atomic mass is 16.5. The predicted molar refractivity (Wildman–Crippen MR) is 110 cm³/mol. The maximum atomic E-state index is 13.4. The van der Waals surface area contributed by atoms with Gasteiger partial charge in [-0.25, -0.2) is 0 Å². The van der Waals surface area contributed by atoms with E-state index in [1.807, 2.05) is 24.3 Å². The van der Waals surface area contributed by atoms with E-state index in [0.29, 0.717) is 13.1 Å². The second-order valence-electron chi connectivity index (χ2n) is 10.7. The molecule has 1 aromatic heterocycles. The van der Waals surface area contributed by atoms with E-state index in [4.69, 9.17) is 9.15 Å². The van der Waals surface area contributed by atoms with Gasteiger partial charge in [0.05, 0.1) is 37.3 Å². The molecular weight excluding hydrogens is 382 g/mol. The summed E-state index contributed by atoms with van der Waals surface area (Å²) in [4.78, 5) is 28.4. The van der Waals surface area contributed by atoms with Gasteiger partial charge in [0.15, 0.2) is 0 Å². The van der Waals surface area contributed by atoms with Crippen LogP contribution in [0.3, 0.4) is 0 Å². The summed E-state index contributed by atoms with van der Waals surface area (Å²) >= 11 is 0. The van der Waals surface area contributed by atoms with Gasteiger partial charge in [0.25, 0.3) is 0 Å². The fourth-order valence-corrected chi connectivity index (χ4v) is 6.32. The molecule has 5 rings (SSSR count). The minimum absolute atomic E-state index is 0.0237. The number of furan rings is 1. The van der Waals surface area contributed by atoms with Crippen molar-refractivity contribution in [1.29, 1.82) is 0 Å². The Bertz CT molecular complexity index is 874. The van der Waals surface area contributed by atoms with Crippen LogP contribution in [-0.2, 0) is 20.9 Å². The fourth-order valence-electron chi connectivity index (χ4n) is 6.32. The molecule has 4 atom stereocenters. The monoisotopic (exact) mass is 413 g/mol. The van der Waals surface area contributed by atoms with E-state index in [2.05, 4.69) is 38.3 Å². The predicted octanol–water partition coefficient (Wildman–Crippen LogP) is 1.99. The normalized spacial score (nSPS) is 36.3. The van der Waals surface area contributed by atoms with Crippen molar-refractivity contribution in [3.05, 3.63) is 36.3 Å². The third kappa shape index (κ3) is 3.19. The third-order valence-electron chi connectivity index (χ3n) is 6.94. The molecule has 0 saturated carbocycles. The lowest BCUT2D eigenvalue weighted by Crippen LogP contribution is -2.62. The van der Waals surface area contributed by atoms with Crippen LogP contribution in [0, 0.1) is 11.8 Å². The smallest absolute Gasteiger partial charge is 0.230 e. The Balaban J connectivity index is 1.33. The van der Waals surface area contributed by atoms with Crippen LogP contribution in [0.5, 0.6) is 0 Å². The van der Waals surface area contributed by atoms with Crippen LogP contribution >= 0.6 is 0 Å². The highest BCUT2D eigenvalue weighted by Gasteiger charge is 2.67. The van der Waals surface area contributed by atoms with Crippen LogP contribution in [0.1, 0.15) is 46.3 Å². The summed E-state index contributed by atoms with van der Waals surface area (Å²) in [5.74, 6) is -0.305. The molecule has 4 aliphatic rings. The zero-order valence-electron chi connectivity index (χ0n) is 18.1. The molecule has 7 heteroatoms. The van der Waals surface area contributed by atoms with Crippen LogP contribution < -0.4 is 10.6 Å². The standard InChI is InChI=1S/C23H31N3O4/c1-21(2)10-14(11-22(3,4)25-21)24-19(27)17-16-7-8-23(30-16)13-26(20(28)18(17)23)12-15-6-5-9-29-15/h5-9,14,16-18,25H,10-13H2,1-4H3,(H,24,27)/t16-,17-,18+,23-/m0/s1. The molecule has 4 aliphatic heterocycles. The molecule has 3 saturated heterocycles. The van der Waals surface area contributed by atoms with Crippen molar-refractivity contribution < 1.29 is 18.7 Å². The van der Waals surface area contributed by atoms with Crippen molar-refractivity contribution in [2.45, 2.75) is 75.9 Å². The molecule has 0 unspecified atom stereocenters. The first-order valence-electron chi connectivity index (χ1n) is 10.9. The minimum Gasteiger partial charge on any atom is -0.467 e. The second-order valence-corrected chi connectivity index (χ2v) is 10.7. The van der Waals surface area contributed by atoms with Crippen LogP contribution in [0.25, 0.3) is 0 Å². The van der Waals surface area contributed by atoms with Gasteiger partial charge in [-0.15, -0.1) is 0 Å². The Morgan fingerprint density at radius 3 is 2.67 bits per heavy atom. The molecule has 2 amide bonds. The van der Waals surface area contributed by atoms with E-state index in [-0.39, 0.29) is 35.0 Å². The molecule has 7 nitrogen and oxygen atoms in total. The van der Waals surface area contributed by atoms with Gasteiger partial charge < -0.3 is 24.7 Å². The molecule has 2 bridgehead atoms. The van der Waals surface area contributed by atoms with Gasteiger partial charge in [-0.3, -0.25) is 9.59 Å². The van der Waals surface area contributed by atoms with Crippen molar-refractivity contribution in [2.24, 2.45) is 11.8 Å². The Hall–Kier alpha value is -2.12. The first-order valence-corrected chi connectivity index (χ1v) is 10.9. The second kappa shape index (κ2) is 6.44. The molecule has 5 heterocycles. The number of nitrogens with one attached hydrogen (secondary N) is 2. The Kier molecular flexibility index (Phi) is 4.25. The van der Waals surface area contributed by atoms with Gasteiger partial charge in [-0.1, -0.05) is 12.2 Å². The fraction of sp³-hybridized carbons (Fsp3) is 0.652. The quantitative estimate of drug-likeness (QED) is 0.738. The van der Waals surface area contributed by atoms with Crippen molar-refractivity contribution in [3.8, 4) is 0 Å². The number of ether oxygens (including phenoxy) is 1. The van der Waals surface area contributed by atoms with Gasteiger partial charge in [-0.05, 0) is 52.7 Å². The largest absolute Gasteiger partial charge is 0.467 e. The van der Waals surface area contributed by atoms with E-state index >= 15 is 0 Å². The Morgan fingerprint density at radius 1 is 1.27 bits per heavy atom. The molecule has 2 N–H and O–H groups in total. The summed E-state index contributed by atoms with van der Waals surface area (Å²) in [6.07, 6.45) is 6.93. The Morgan fingerprint density at radius 2 is 2.00 bits per heavy atom. The van der Waals surface area contributed by atoms with E-state index in [0.717, 1.165) is 18.6 Å². The lowest BCUT2D eigenvalue weighted by Gasteiger charge is -2.47. The molecule has 0 aromatic carbocycles. The van der Waals surface area contributed by atoms with Gasteiger partial charge >= 0.3 is 0 Å². The zero-order chi connectivity index (χ0) is 21.3. The van der Waals surface area contributed by atoms with E-state index in [1.165, 1.54) is 0 Å². The highest BCUT2D eigenvalue weighted by Crippen LogP contribution is 2.52. The lowest BCUT2D eigenvalue weighted by atomic mass is 9.75. The summed E-state index contributed by atoms with van der Waals surface area (Å²) in [7, 11) is 0. The maximum absolute atomic E-state index is 13.4. The first kappa shape index (κ1) is 19.8. The molecule has 30 heavy (non-hydrogen) atoms. The number of piperidine rings is 1. The molecule has 0 radical (unpaired) electrons. The zero-order valence-corrected chi connectivity index (χ0v) is 18.1. The molecule has 162 valence electrons. The van der Waals surface area contributed by atoms with E-state index in [1.54, 1.807) is 11.2 Å². The first-order chi connectivity index (χ1) is 14.1. The van der Waals surface area contributed by atoms with Crippen molar-refractivity contribution in [1.82, 2.24) is 15.5 Å². The number of likely N-dealkylation sites (tertiary alicyclic amines) is 1. The van der Waals surface area contributed by atoms with Gasteiger partial charge in [0, 0.05) is 17.1 Å². The number of hydrogen-bond acceptors (Lipinski definition) is 5. The SMILES string of the molecule is CC1(C)CC(NC(=O)[C@H]2[C@@H]3C=C[C@@]4(CN(Cc5ccco5)C(=O)[C@@H]24)O3)CC(C)(C)N1. The molecular formula is C23H31N3O4. The summed E-state index contributed by atoms with van der Waals surface area (Å²) < 4.78 is 11.6. The van der Waals surface area contributed by atoms with Crippen LogP contribution in [0.15, 0.2) is 35.0 Å². The maximum Gasteiger partial charge on any atom is 0.230 e. The van der Waals surface area contributed by atoms with Crippen LogP contribution in [0.4, 0.5) is 0 Å². The average molecular weight is 414 g/mol. The van der Waals surface area contributed by atoms with Crippen LogP contribution in [0.2, 0.25) is 0 Å². The lowest BCUT2D eigenvalue weighted by molar-refractivity contribution is -0.138. The molecule has 1 aromatic rings. The van der Waals surface area contributed by atoms with Crippen molar-refractivity contribution >= 4 is 11.8 Å². The number of fused-ring (bicyclic) bond motifs is 1. The van der Waals surface area contributed by atoms with E-state index in [9.17, 15) is 9.59 Å².